The summed E-state index contributed by atoms with van der Waals surface area (Å²) in [5.41, 5.74) is -0.0697. The molecule has 0 amide bonds. The lowest BCUT2D eigenvalue weighted by molar-refractivity contribution is -0.304. The number of benzene rings is 1. The van der Waals surface area contributed by atoms with Crippen molar-refractivity contribution in [3.05, 3.63) is 29.8 Å². The molecule has 0 aliphatic heterocycles. The first-order valence-corrected chi connectivity index (χ1v) is 4.21. The lowest BCUT2D eigenvalue weighted by atomic mass is 10.2. The van der Waals surface area contributed by atoms with E-state index < -0.39 is 24.3 Å². The Labute approximate surface area is 90.1 Å². The molecule has 0 fully saturated rings. The van der Waals surface area contributed by atoms with Gasteiger partial charge in [0.05, 0.1) is 18.4 Å². The zero-order valence-electron chi connectivity index (χ0n) is 7.97. The van der Waals surface area contributed by atoms with Crippen molar-refractivity contribution in [2.45, 2.75) is 6.42 Å². The Kier molecular flexibility index (Phi) is 3.60. The zero-order chi connectivity index (χ0) is 12.1. The van der Waals surface area contributed by atoms with Crippen molar-refractivity contribution in [2.24, 2.45) is 0 Å². The van der Waals surface area contributed by atoms with Crippen LogP contribution in [0.2, 0.25) is 0 Å². The number of hydrogen-bond acceptors (Lipinski definition) is 6. The van der Waals surface area contributed by atoms with Gasteiger partial charge < -0.3 is 24.5 Å². The molecule has 0 saturated carbocycles. The van der Waals surface area contributed by atoms with Crippen LogP contribution < -0.4 is 14.9 Å². The number of esters is 1. The summed E-state index contributed by atoms with van der Waals surface area (Å²) in [7, 11) is 0. The highest BCUT2D eigenvalue weighted by Gasteiger charge is 2.05. The Bertz CT molecular complexity index is 419. The van der Waals surface area contributed by atoms with Crippen LogP contribution in [0.3, 0.4) is 0 Å². The largest absolute Gasteiger partial charge is 0.550 e. The predicted octanol–water partition coefficient (Wildman–Crippen LogP) is -1.90. The molecule has 1 aromatic carbocycles. The Morgan fingerprint density at radius 1 is 1.06 bits per heavy atom. The first-order chi connectivity index (χ1) is 7.49. The third kappa shape index (κ3) is 3.41. The first-order valence-electron chi connectivity index (χ1n) is 4.21. The molecule has 0 bridgehead atoms. The second kappa shape index (κ2) is 4.92. The Morgan fingerprint density at radius 3 is 2.06 bits per heavy atom. The molecule has 0 N–H and O–H groups in total. The van der Waals surface area contributed by atoms with E-state index in [1.807, 2.05) is 0 Å². The molecule has 0 spiro atoms. The number of carbonyl (C=O) groups is 3. The molecule has 0 saturated heterocycles. The molecule has 16 heavy (non-hydrogen) atoms. The van der Waals surface area contributed by atoms with Crippen LogP contribution in [0.4, 0.5) is 0 Å². The minimum absolute atomic E-state index is 0.0521. The predicted molar refractivity (Wildman–Crippen MR) is 46.0 cm³/mol. The number of rotatable bonds is 4. The summed E-state index contributed by atoms with van der Waals surface area (Å²) in [5.74, 6) is -3.83. The maximum atomic E-state index is 10.9. The quantitative estimate of drug-likeness (QED) is 0.334. The molecule has 0 heterocycles. The summed E-state index contributed by atoms with van der Waals surface area (Å²) >= 11 is 0. The summed E-state index contributed by atoms with van der Waals surface area (Å²) in [6, 6.07) is 4.80. The highest BCUT2D eigenvalue weighted by atomic mass is 16.5. The smallest absolute Gasteiger partial charge is 0.316 e. The molecule has 0 aromatic heterocycles. The van der Waals surface area contributed by atoms with Crippen molar-refractivity contribution < 1.29 is 29.3 Å². The van der Waals surface area contributed by atoms with Crippen LogP contribution in [0.1, 0.15) is 16.8 Å². The fraction of sp³-hybridized carbons (Fsp3) is 0.100. The Balaban J connectivity index is 2.65. The Hall–Kier alpha value is -2.37. The minimum atomic E-state index is -1.55. The fourth-order valence-electron chi connectivity index (χ4n) is 0.944. The van der Waals surface area contributed by atoms with Crippen LogP contribution in [-0.4, -0.2) is 17.9 Å². The molecule has 0 radical (unpaired) electrons. The van der Waals surface area contributed by atoms with Gasteiger partial charge in [0.15, 0.2) is 0 Å². The van der Waals surface area contributed by atoms with Crippen LogP contribution in [0.15, 0.2) is 24.3 Å². The van der Waals surface area contributed by atoms with E-state index in [1.165, 1.54) is 24.3 Å². The van der Waals surface area contributed by atoms with Crippen molar-refractivity contribution >= 4 is 17.9 Å². The Morgan fingerprint density at radius 2 is 1.62 bits per heavy atom. The number of carboxylic acid groups (broad SMARTS) is 2. The van der Waals surface area contributed by atoms with Gasteiger partial charge in [-0.15, -0.1) is 0 Å². The van der Waals surface area contributed by atoms with Crippen molar-refractivity contribution in [1.82, 2.24) is 0 Å². The number of carboxylic acids is 2. The van der Waals surface area contributed by atoms with E-state index >= 15 is 0 Å². The molecule has 6 nitrogen and oxygen atoms in total. The average molecular weight is 222 g/mol. The molecule has 0 unspecified atom stereocenters. The number of ether oxygens (including phenoxy) is 1. The molecule has 84 valence electrons. The first kappa shape index (κ1) is 11.7. The van der Waals surface area contributed by atoms with Crippen molar-refractivity contribution in [1.29, 1.82) is 0 Å². The topological polar surface area (TPSA) is 107 Å². The molecule has 0 aliphatic rings. The average Bonchev–Trinajstić information content (AvgIpc) is 2.16. The molecule has 1 aromatic rings. The van der Waals surface area contributed by atoms with Crippen LogP contribution in [0, 0.1) is 0 Å². The molecule has 1 rings (SSSR count). The van der Waals surface area contributed by atoms with Gasteiger partial charge in [-0.05, 0) is 29.8 Å². The SMILES string of the molecule is O=C([O-])CC(=O)Oc1ccc(C(=O)[O-])cc1. The highest BCUT2D eigenvalue weighted by molar-refractivity contribution is 5.90. The zero-order valence-corrected chi connectivity index (χ0v) is 7.97. The molecular formula is C10H6O6-2. The third-order valence-electron chi connectivity index (χ3n) is 1.61. The van der Waals surface area contributed by atoms with E-state index in [9.17, 15) is 24.6 Å². The summed E-state index contributed by atoms with van der Waals surface area (Å²) in [4.78, 5) is 31.3. The molecule has 0 aliphatic carbocycles. The van der Waals surface area contributed by atoms with Gasteiger partial charge in [-0.25, -0.2) is 0 Å². The van der Waals surface area contributed by atoms with Crippen LogP contribution in [-0.2, 0) is 9.59 Å². The van der Waals surface area contributed by atoms with Gasteiger partial charge in [0.2, 0.25) is 0 Å². The normalized spacial score (nSPS) is 9.50. The van der Waals surface area contributed by atoms with Gasteiger partial charge in [0, 0.05) is 0 Å². The summed E-state index contributed by atoms with van der Waals surface area (Å²) in [5, 5.41) is 20.4. The van der Waals surface area contributed by atoms with Crippen LogP contribution in [0.5, 0.6) is 5.75 Å². The van der Waals surface area contributed by atoms with Gasteiger partial charge >= 0.3 is 5.97 Å². The van der Waals surface area contributed by atoms with Crippen LogP contribution >= 0.6 is 0 Å². The number of aromatic carboxylic acids is 1. The van der Waals surface area contributed by atoms with Gasteiger partial charge in [-0.1, -0.05) is 0 Å². The maximum Gasteiger partial charge on any atom is 0.316 e. The number of hydrogen-bond donors (Lipinski definition) is 0. The summed E-state index contributed by atoms with van der Waals surface area (Å²) in [6.45, 7) is 0. The van der Waals surface area contributed by atoms with E-state index in [-0.39, 0.29) is 11.3 Å². The fourth-order valence-corrected chi connectivity index (χ4v) is 0.944. The maximum absolute atomic E-state index is 10.9. The van der Waals surface area contributed by atoms with Gasteiger partial charge in [0.1, 0.15) is 5.75 Å². The monoisotopic (exact) mass is 222 g/mol. The highest BCUT2D eigenvalue weighted by Crippen LogP contribution is 2.12. The van der Waals surface area contributed by atoms with Gasteiger partial charge in [-0.2, -0.15) is 0 Å². The molecule has 0 atom stereocenters. The second-order valence-electron chi connectivity index (χ2n) is 2.83. The van der Waals surface area contributed by atoms with Crippen LogP contribution in [0.25, 0.3) is 0 Å². The van der Waals surface area contributed by atoms with E-state index in [0.717, 1.165) is 0 Å². The summed E-state index contributed by atoms with van der Waals surface area (Å²) in [6.07, 6.45) is -0.859. The van der Waals surface area contributed by atoms with Crippen molar-refractivity contribution in [3.8, 4) is 5.75 Å². The number of carbonyl (C=O) groups excluding carboxylic acids is 3. The lowest BCUT2D eigenvalue weighted by Crippen LogP contribution is -2.27. The summed E-state index contributed by atoms with van der Waals surface area (Å²) < 4.78 is 4.59. The van der Waals surface area contributed by atoms with Crippen molar-refractivity contribution in [2.75, 3.05) is 0 Å². The second-order valence-corrected chi connectivity index (χ2v) is 2.83. The molecular weight excluding hydrogens is 216 g/mol. The van der Waals surface area contributed by atoms with E-state index in [0.29, 0.717) is 0 Å². The standard InChI is InChI=1S/C10H8O6/c11-8(12)5-9(13)16-7-3-1-6(2-4-7)10(14)15/h1-4H,5H2,(H,11,12)(H,14,15)/p-2. The minimum Gasteiger partial charge on any atom is -0.550 e. The lowest BCUT2D eigenvalue weighted by Gasteiger charge is -2.06. The van der Waals surface area contributed by atoms with E-state index in [1.54, 1.807) is 0 Å². The number of aliphatic carboxylic acids is 1. The van der Waals surface area contributed by atoms with E-state index in [4.69, 9.17) is 0 Å². The third-order valence-corrected chi connectivity index (χ3v) is 1.61. The van der Waals surface area contributed by atoms with Gasteiger partial charge in [0.25, 0.3) is 0 Å². The molecule has 6 heteroatoms. The van der Waals surface area contributed by atoms with E-state index in [2.05, 4.69) is 4.74 Å². The van der Waals surface area contributed by atoms with Gasteiger partial charge in [-0.3, -0.25) is 4.79 Å². The van der Waals surface area contributed by atoms with Crippen molar-refractivity contribution in [3.63, 3.8) is 0 Å².